The molecule has 1 heterocycles. The van der Waals surface area contributed by atoms with Crippen LogP contribution in [0.5, 0.6) is 0 Å². The fraction of sp³-hybridized carbons (Fsp3) is 0.467. The minimum atomic E-state index is -0.327. The summed E-state index contributed by atoms with van der Waals surface area (Å²) in [6.07, 6.45) is 1.63. The van der Waals surface area contributed by atoms with Gasteiger partial charge in [-0.2, -0.15) is 0 Å². The van der Waals surface area contributed by atoms with Crippen LogP contribution >= 0.6 is 11.6 Å². The normalized spacial score (nSPS) is 17.3. The molecule has 0 saturated carbocycles. The minimum Gasteiger partial charge on any atom is -0.445 e. The van der Waals surface area contributed by atoms with Crippen LogP contribution in [0.4, 0.5) is 4.79 Å². The first-order valence-corrected chi connectivity index (χ1v) is 7.26. The number of nitrogens with zero attached hydrogens (tertiary/aromatic N) is 2. The smallest absolute Gasteiger partial charge is 0.410 e. The summed E-state index contributed by atoms with van der Waals surface area (Å²) in [5, 5.41) is 0.655. The third kappa shape index (κ3) is 4.44. The van der Waals surface area contributed by atoms with Gasteiger partial charge in [-0.15, -0.1) is 0 Å². The Labute approximate surface area is 129 Å². The minimum absolute atomic E-state index is 0.225. The maximum absolute atomic E-state index is 12.0. The average Bonchev–Trinajstić information content (AvgIpc) is 2.53. The molecule has 0 aliphatic carbocycles. The molecule has 1 radical (unpaired) electrons. The fourth-order valence-corrected chi connectivity index (χ4v) is 2.31. The summed E-state index contributed by atoms with van der Waals surface area (Å²) in [6.45, 7) is 4.48. The highest BCUT2D eigenvalue weighted by molar-refractivity contribution is 6.30. The van der Waals surface area contributed by atoms with E-state index in [4.69, 9.17) is 16.3 Å². The zero-order valence-corrected chi connectivity index (χ0v) is 12.7. The summed E-state index contributed by atoms with van der Waals surface area (Å²) in [5.74, 6) is 0. The van der Waals surface area contributed by atoms with Crippen molar-refractivity contribution in [1.29, 1.82) is 0 Å². The lowest BCUT2D eigenvalue weighted by atomic mass is 10.2. The van der Waals surface area contributed by atoms with E-state index < -0.39 is 0 Å². The van der Waals surface area contributed by atoms with Crippen molar-refractivity contribution in [3.8, 4) is 0 Å². The molecule has 1 atom stereocenters. The Morgan fingerprint density at radius 3 is 2.48 bits per heavy atom. The lowest BCUT2D eigenvalue weighted by Gasteiger charge is -2.35. The molecule has 1 aromatic rings. The third-order valence-electron chi connectivity index (χ3n) is 3.57. The maximum atomic E-state index is 12.0. The first-order valence-electron chi connectivity index (χ1n) is 6.88. The highest BCUT2D eigenvalue weighted by Crippen LogP contribution is 2.12. The second-order valence-corrected chi connectivity index (χ2v) is 5.43. The Morgan fingerprint density at radius 1 is 1.29 bits per heavy atom. The molecule has 1 aliphatic heterocycles. The van der Waals surface area contributed by atoms with Gasteiger partial charge in [0.05, 0.1) is 6.04 Å². The monoisotopic (exact) mass is 309 g/mol. The van der Waals surface area contributed by atoms with Gasteiger partial charge >= 0.3 is 6.09 Å². The lowest BCUT2D eigenvalue weighted by molar-refractivity contribution is 0.0685. The largest absolute Gasteiger partial charge is 0.445 e. The van der Waals surface area contributed by atoms with Gasteiger partial charge in [-0.3, -0.25) is 9.69 Å². The molecule has 113 valence electrons. The Hall–Kier alpha value is -1.59. The van der Waals surface area contributed by atoms with Crippen molar-refractivity contribution in [1.82, 2.24) is 9.80 Å². The van der Waals surface area contributed by atoms with E-state index in [0.717, 1.165) is 5.56 Å². The lowest BCUT2D eigenvalue weighted by Crippen LogP contribution is -2.51. The van der Waals surface area contributed by atoms with Crippen molar-refractivity contribution < 1.29 is 14.3 Å². The number of ether oxygens (including phenoxy) is 1. The Morgan fingerprint density at radius 2 is 1.90 bits per heavy atom. The molecule has 1 amide bonds. The van der Waals surface area contributed by atoms with Crippen LogP contribution in [0.3, 0.4) is 0 Å². The van der Waals surface area contributed by atoms with Gasteiger partial charge in [0.1, 0.15) is 6.61 Å². The van der Waals surface area contributed by atoms with Gasteiger partial charge in [0.15, 0.2) is 0 Å². The van der Waals surface area contributed by atoms with E-state index in [9.17, 15) is 9.59 Å². The number of rotatable bonds is 4. The highest BCUT2D eigenvalue weighted by atomic mass is 35.5. The molecule has 0 N–H and O–H groups in total. The molecule has 1 fully saturated rings. The number of halogens is 1. The molecule has 0 spiro atoms. The van der Waals surface area contributed by atoms with Crippen LogP contribution in [-0.2, 0) is 16.1 Å². The van der Waals surface area contributed by atoms with E-state index >= 15 is 0 Å². The van der Waals surface area contributed by atoms with E-state index in [1.165, 1.54) is 0 Å². The Bertz CT molecular complexity index is 484. The summed E-state index contributed by atoms with van der Waals surface area (Å²) >= 11 is 5.80. The van der Waals surface area contributed by atoms with Crippen LogP contribution in [0.15, 0.2) is 24.3 Å². The molecular weight excluding hydrogens is 292 g/mol. The van der Waals surface area contributed by atoms with Crippen LogP contribution in [0, 0.1) is 0 Å². The van der Waals surface area contributed by atoms with Crippen molar-refractivity contribution >= 4 is 24.0 Å². The predicted octanol–water partition coefficient (Wildman–Crippen LogP) is 2.09. The zero-order valence-electron chi connectivity index (χ0n) is 11.9. The molecule has 1 saturated heterocycles. The van der Waals surface area contributed by atoms with E-state index in [2.05, 4.69) is 0 Å². The molecule has 5 nitrogen and oxygen atoms in total. The maximum Gasteiger partial charge on any atom is 0.410 e. The van der Waals surface area contributed by atoms with Crippen molar-refractivity contribution in [3.63, 3.8) is 0 Å². The second kappa shape index (κ2) is 7.43. The molecular formula is C15H18ClN2O3. The molecule has 0 bridgehead atoms. The van der Waals surface area contributed by atoms with E-state index in [1.54, 1.807) is 17.0 Å². The van der Waals surface area contributed by atoms with Crippen LogP contribution in [0.1, 0.15) is 12.5 Å². The van der Waals surface area contributed by atoms with Gasteiger partial charge in [-0.05, 0) is 24.6 Å². The SMILES string of the molecule is CC([C]=O)N1CCN(C(=O)OCc2ccc(Cl)cc2)CC1. The highest BCUT2D eigenvalue weighted by Gasteiger charge is 2.24. The predicted molar refractivity (Wildman–Crippen MR) is 79.9 cm³/mol. The van der Waals surface area contributed by atoms with Gasteiger partial charge in [0.25, 0.3) is 0 Å². The quantitative estimate of drug-likeness (QED) is 0.854. The first-order chi connectivity index (χ1) is 10.1. The summed E-state index contributed by atoms with van der Waals surface area (Å²) in [7, 11) is 0. The zero-order chi connectivity index (χ0) is 15.2. The second-order valence-electron chi connectivity index (χ2n) is 5.00. The van der Waals surface area contributed by atoms with Gasteiger partial charge in [0, 0.05) is 31.2 Å². The van der Waals surface area contributed by atoms with E-state index in [-0.39, 0.29) is 18.7 Å². The number of piperazine rings is 1. The molecule has 2 rings (SSSR count). The number of benzene rings is 1. The van der Waals surface area contributed by atoms with Crippen LogP contribution in [0.25, 0.3) is 0 Å². The summed E-state index contributed by atoms with van der Waals surface area (Å²) in [6, 6.07) is 6.96. The van der Waals surface area contributed by atoms with Crippen molar-refractivity contribution in [2.45, 2.75) is 19.6 Å². The molecule has 1 aliphatic rings. The van der Waals surface area contributed by atoms with Crippen molar-refractivity contribution in [2.24, 2.45) is 0 Å². The molecule has 1 aromatic carbocycles. The van der Waals surface area contributed by atoms with Crippen molar-refractivity contribution in [2.75, 3.05) is 26.2 Å². The van der Waals surface area contributed by atoms with Crippen LogP contribution in [-0.4, -0.2) is 54.4 Å². The van der Waals surface area contributed by atoms with Gasteiger partial charge < -0.3 is 9.64 Å². The number of carbonyl (C=O) groups is 1. The fourth-order valence-electron chi connectivity index (χ4n) is 2.18. The van der Waals surface area contributed by atoms with Crippen LogP contribution < -0.4 is 0 Å². The Kier molecular flexibility index (Phi) is 5.59. The van der Waals surface area contributed by atoms with E-state index in [0.29, 0.717) is 31.2 Å². The van der Waals surface area contributed by atoms with E-state index in [1.807, 2.05) is 30.2 Å². The van der Waals surface area contributed by atoms with Gasteiger partial charge in [-0.25, -0.2) is 4.79 Å². The standard InChI is InChI=1S/C15H18ClN2O3/c1-12(10-19)17-6-8-18(9-7-17)15(20)21-11-13-2-4-14(16)5-3-13/h2-5,12H,6-9,11H2,1H3. The molecule has 21 heavy (non-hydrogen) atoms. The van der Waals surface area contributed by atoms with Gasteiger partial charge in [0.2, 0.25) is 6.29 Å². The number of carbonyl (C=O) groups excluding carboxylic acids is 2. The molecule has 6 heteroatoms. The van der Waals surface area contributed by atoms with Crippen LogP contribution in [0.2, 0.25) is 5.02 Å². The average molecular weight is 310 g/mol. The first kappa shape index (κ1) is 15.8. The number of hydrogen-bond donors (Lipinski definition) is 0. The number of hydrogen-bond acceptors (Lipinski definition) is 4. The number of amides is 1. The third-order valence-corrected chi connectivity index (χ3v) is 3.82. The summed E-state index contributed by atoms with van der Waals surface area (Å²) in [5.41, 5.74) is 0.899. The van der Waals surface area contributed by atoms with Crippen molar-refractivity contribution in [3.05, 3.63) is 34.9 Å². The molecule has 1 unspecified atom stereocenters. The summed E-state index contributed by atoms with van der Waals surface area (Å²) < 4.78 is 5.28. The summed E-state index contributed by atoms with van der Waals surface area (Å²) in [4.78, 5) is 26.2. The molecule has 0 aromatic heterocycles. The van der Waals surface area contributed by atoms with Gasteiger partial charge in [-0.1, -0.05) is 23.7 Å². The Balaban J connectivity index is 1.77. The topological polar surface area (TPSA) is 49.9 Å².